The van der Waals surface area contributed by atoms with Gasteiger partial charge >= 0.3 is 6.03 Å². The molecule has 2 aromatic carbocycles. The van der Waals surface area contributed by atoms with Crippen LogP contribution < -0.4 is 15.0 Å². The maximum Gasteiger partial charge on any atom is 0.328 e. The van der Waals surface area contributed by atoms with Crippen molar-refractivity contribution in [2.75, 3.05) is 32.1 Å². The molecule has 0 radical (unpaired) electrons. The van der Waals surface area contributed by atoms with Crippen LogP contribution in [0, 0.1) is 5.92 Å². The predicted octanol–water partition coefficient (Wildman–Crippen LogP) is 2.13. The van der Waals surface area contributed by atoms with E-state index >= 15 is 0 Å². The van der Waals surface area contributed by atoms with Gasteiger partial charge in [0.25, 0.3) is 5.91 Å². The zero-order valence-electron chi connectivity index (χ0n) is 18.6. The summed E-state index contributed by atoms with van der Waals surface area (Å²) in [6, 6.07) is 16.9. The summed E-state index contributed by atoms with van der Waals surface area (Å²) >= 11 is 0. The van der Waals surface area contributed by atoms with E-state index in [-0.39, 0.29) is 30.9 Å². The fraction of sp³-hybridized carbons (Fsp3) is 0.417. The van der Waals surface area contributed by atoms with E-state index in [4.69, 9.17) is 4.74 Å². The number of likely N-dealkylation sites (N-methyl/N-ethyl adjacent to an activating group) is 1. The first-order chi connectivity index (χ1) is 15.5. The van der Waals surface area contributed by atoms with Gasteiger partial charge in [-0.05, 0) is 35.7 Å². The minimum atomic E-state index is -0.421. The number of imide groups is 1. The summed E-state index contributed by atoms with van der Waals surface area (Å²) in [5.74, 6) is 1.04. The van der Waals surface area contributed by atoms with Gasteiger partial charge in [0, 0.05) is 25.8 Å². The molecule has 8 heteroatoms. The average molecular weight is 436 g/mol. The van der Waals surface area contributed by atoms with Crippen LogP contribution in [0.15, 0.2) is 54.6 Å². The number of methoxy groups -OCH3 is 1. The zero-order chi connectivity index (χ0) is 22.4. The molecule has 0 bridgehead atoms. The zero-order valence-corrected chi connectivity index (χ0v) is 18.6. The van der Waals surface area contributed by atoms with Crippen LogP contribution in [0.3, 0.4) is 0 Å². The number of hydrogen-bond acceptors (Lipinski definition) is 6. The molecule has 2 aromatic rings. The number of anilines is 1. The Balaban J connectivity index is 1.45. The molecule has 3 heterocycles. The third kappa shape index (κ3) is 3.40. The lowest BCUT2D eigenvalue weighted by Crippen LogP contribution is -2.66. The third-order valence-corrected chi connectivity index (χ3v) is 6.67. The molecule has 0 saturated carbocycles. The maximum absolute atomic E-state index is 13.6. The summed E-state index contributed by atoms with van der Waals surface area (Å²) in [5.41, 5.74) is 2.00. The number of ether oxygens (including phenoxy) is 1. The average Bonchev–Trinajstić information content (AvgIpc) is 3.20. The highest BCUT2D eigenvalue weighted by atomic mass is 16.5. The summed E-state index contributed by atoms with van der Waals surface area (Å²) in [6.07, 6.45) is -0.524. The Hall–Kier alpha value is -3.10. The molecule has 0 aliphatic carbocycles. The summed E-state index contributed by atoms with van der Waals surface area (Å²) in [6.45, 7) is 4.13. The van der Waals surface area contributed by atoms with Crippen molar-refractivity contribution >= 4 is 17.6 Å². The number of hydrogen-bond donors (Lipinski definition) is 1. The topological polar surface area (TPSA) is 68.4 Å². The van der Waals surface area contributed by atoms with E-state index in [1.165, 1.54) is 4.90 Å². The normalized spacial score (nSPS) is 28.0. The smallest absolute Gasteiger partial charge is 0.328 e. The number of carbonyl (C=O) groups excluding carboxylic acids is 2. The lowest BCUT2D eigenvalue weighted by atomic mass is 10.0. The standard InChI is InChI=1S/C24H29N5O3/c1-16-13-27(18-9-11-19(32-3)12-10-18)23-25-21-20(28(23)14-16)22(30)29(24(31)26(21)2)15-17-7-5-4-6-8-17/h4-12,16,20-21,23,25H,13-15H2,1-3H3. The van der Waals surface area contributed by atoms with Crippen LogP contribution >= 0.6 is 0 Å². The maximum atomic E-state index is 13.6. The van der Waals surface area contributed by atoms with Crippen molar-refractivity contribution in [3.63, 3.8) is 0 Å². The predicted molar refractivity (Wildman–Crippen MR) is 121 cm³/mol. The van der Waals surface area contributed by atoms with Crippen LogP contribution in [0.5, 0.6) is 5.75 Å². The molecule has 0 aromatic heterocycles. The lowest BCUT2D eigenvalue weighted by Gasteiger charge is -2.46. The van der Waals surface area contributed by atoms with Crippen molar-refractivity contribution in [1.82, 2.24) is 20.0 Å². The van der Waals surface area contributed by atoms with E-state index in [0.717, 1.165) is 30.1 Å². The Kier molecular flexibility index (Phi) is 5.27. The van der Waals surface area contributed by atoms with Gasteiger partial charge in [0.2, 0.25) is 0 Å². The Morgan fingerprint density at radius 3 is 2.44 bits per heavy atom. The van der Waals surface area contributed by atoms with E-state index in [9.17, 15) is 9.59 Å². The number of carbonyl (C=O) groups is 2. The number of urea groups is 1. The van der Waals surface area contributed by atoms with Crippen molar-refractivity contribution < 1.29 is 14.3 Å². The van der Waals surface area contributed by atoms with Crippen molar-refractivity contribution in [2.45, 2.75) is 32.0 Å². The third-order valence-electron chi connectivity index (χ3n) is 6.67. The molecular formula is C24H29N5O3. The first kappa shape index (κ1) is 20.8. The van der Waals surface area contributed by atoms with E-state index in [0.29, 0.717) is 5.92 Å². The fourth-order valence-corrected chi connectivity index (χ4v) is 5.10. The second-order valence-electron chi connectivity index (χ2n) is 8.89. The van der Waals surface area contributed by atoms with Crippen LogP contribution in [-0.4, -0.2) is 72.4 Å². The number of rotatable bonds is 4. The number of fused-ring (bicyclic) bond motifs is 3. The first-order valence-electron chi connectivity index (χ1n) is 11.0. The van der Waals surface area contributed by atoms with Gasteiger partial charge in [-0.2, -0.15) is 0 Å². The van der Waals surface area contributed by atoms with Crippen molar-refractivity contribution in [3.8, 4) is 5.75 Å². The highest BCUT2D eigenvalue weighted by molar-refractivity contribution is 6.00. The molecule has 3 saturated heterocycles. The van der Waals surface area contributed by atoms with E-state index in [2.05, 4.69) is 22.0 Å². The van der Waals surface area contributed by atoms with Crippen molar-refractivity contribution in [3.05, 3.63) is 60.2 Å². The summed E-state index contributed by atoms with van der Waals surface area (Å²) < 4.78 is 5.30. The van der Waals surface area contributed by atoms with Crippen LogP contribution in [0.1, 0.15) is 12.5 Å². The van der Waals surface area contributed by atoms with Gasteiger partial charge in [0.15, 0.2) is 0 Å². The fourth-order valence-electron chi connectivity index (χ4n) is 5.10. The Morgan fingerprint density at radius 1 is 1.03 bits per heavy atom. The Morgan fingerprint density at radius 2 is 1.75 bits per heavy atom. The van der Waals surface area contributed by atoms with Crippen LogP contribution in [0.25, 0.3) is 0 Å². The largest absolute Gasteiger partial charge is 0.497 e. The molecule has 4 unspecified atom stereocenters. The van der Waals surface area contributed by atoms with Crippen LogP contribution in [0.4, 0.5) is 10.5 Å². The molecule has 168 valence electrons. The Labute approximate surface area is 188 Å². The van der Waals surface area contributed by atoms with Gasteiger partial charge in [-0.1, -0.05) is 37.3 Å². The molecule has 5 rings (SSSR count). The minimum Gasteiger partial charge on any atom is -0.497 e. The molecule has 1 N–H and O–H groups in total. The molecule has 32 heavy (non-hydrogen) atoms. The van der Waals surface area contributed by atoms with Crippen LogP contribution in [-0.2, 0) is 11.3 Å². The number of nitrogens with one attached hydrogen (secondary N) is 1. The number of nitrogens with zero attached hydrogens (tertiary/aromatic N) is 4. The van der Waals surface area contributed by atoms with E-state index in [1.807, 2.05) is 54.6 Å². The highest BCUT2D eigenvalue weighted by Crippen LogP contribution is 2.35. The van der Waals surface area contributed by atoms with E-state index < -0.39 is 6.04 Å². The lowest BCUT2D eigenvalue weighted by molar-refractivity contribution is -0.139. The molecule has 4 atom stereocenters. The van der Waals surface area contributed by atoms with Gasteiger partial charge in [-0.25, -0.2) is 4.79 Å². The van der Waals surface area contributed by atoms with Gasteiger partial charge in [0.1, 0.15) is 24.2 Å². The molecular weight excluding hydrogens is 406 g/mol. The van der Waals surface area contributed by atoms with Crippen molar-refractivity contribution in [2.24, 2.45) is 5.92 Å². The molecule has 3 aliphatic rings. The monoisotopic (exact) mass is 435 g/mol. The summed E-state index contributed by atoms with van der Waals surface area (Å²) in [7, 11) is 3.43. The highest BCUT2D eigenvalue weighted by Gasteiger charge is 2.56. The second-order valence-corrected chi connectivity index (χ2v) is 8.89. The molecule has 3 amide bonds. The number of benzene rings is 2. The quantitative estimate of drug-likeness (QED) is 0.794. The van der Waals surface area contributed by atoms with Gasteiger partial charge < -0.3 is 14.5 Å². The summed E-state index contributed by atoms with van der Waals surface area (Å²) in [5, 5.41) is 3.57. The van der Waals surface area contributed by atoms with Gasteiger partial charge in [-0.3, -0.25) is 19.9 Å². The number of amides is 3. The molecule has 3 aliphatic heterocycles. The van der Waals surface area contributed by atoms with Gasteiger partial charge in [-0.15, -0.1) is 0 Å². The SMILES string of the molecule is COc1ccc(N2CC(C)CN3C4C(=O)N(Cc5ccccc5)C(=O)N(C)C4NC23)cc1. The first-order valence-corrected chi connectivity index (χ1v) is 11.0. The van der Waals surface area contributed by atoms with Gasteiger partial charge in [0.05, 0.1) is 13.7 Å². The van der Waals surface area contributed by atoms with Crippen molar-refractivity contribution in [1.29, 1.82) is 0 Å². The Bertz CT molecular complexity index is 998. The second kappa shape index (κ2) is 8.11. The molecule has 0 spiro atoms. The molecule has 3 fully saturated rings. The van der Waals surface area contributed by atoms with E-state index in [1.54, 1.807) is 19.1 Å². The minimum absolute atomic E-state index is 0.138. The summed E-state index contributed by atoms with van der Waals surface area (Å²) in [4.78, 5) is 34.3. The molecule has 8 nitrogen and oxygen atoms in total. The van der Waals surface area contributed by atoms with Crippen LogP contribution in [0.2, 0.25) is 0 Å².